The van der Waals surface area contributed by atoms with Gasteiger partial charge in [-0.15, -0.1) is 6.58 Å². The molecule has 2 aromatic carbocycles. The van der Waals surface area contributed by atoms with Crippen molar-refractivity contribution in [3.05, 3.63) is 84.0 Å². The first-order valence-electron chi connectivity index (χ1n) is 12.9. The number of carbonyl (C=O) groups is 3. The Balaban J connectivity index is 2.57. The van der Waals surface area contributed by atoms with Crippen molar-refractivity contribution in [3.63, 3.8) is 0 Å². The highest BCUT2D eigenvalue weighted by Gasteiger charge is 2.36. The minimum absolute atomic E-state index is 0.0910. The summed E-state index contributed by atoms with van der Waals surface area (Å²) in [5.41, 5.74) is 3.23. The Morgan fingerprint density at radius 2 is 1.72 bits per heavy atom. The summed E-state index contributed by atoms with van der Waals surface area (Å²) < 4.78 is 5.43. The third-order valence-electron chi connectivity index (χ3n) is 5.96. The lowest BCUT2D eigenvalue weighted by molar-refractivity contribution is -0.140. The summed E-state index contributed by atoms with van der Waals surface area (Å²) in [5.74, 6) is -0.149. The van der Waals surface area contributed by atoms with Crippen LogP contribution in [0.15, 0.2) is 61.7 Å². The van der Waals surface area contributed by atoms with Crippen molar-refractivity contribution in [2.24, 2.45) is 0 Å². The minimum atomic E-state index is -0.994. The van der Waals surface area contributed by atoms with E-state index in [4.69, 9.17) is 4.74 Å². The SMILES string of the molecule is C=CCN(C(=O)C(CCSC)NC(=O)OC(C)(C)C)C(C(=O)Nc1c(C)cccc1C)c1cccc(C=C)c1. The summed E-state index contributed by atoms with van der Waals surface area (Å²) in [6.07, 6.45) is 4.87. The Labute approximate surface area is 237 Å². The van der Waals surface area contributed by atoms with Gasteiger partial charge in [-0.1, -0.05) is 55.1 Å². The number of ether oxygens (including phenoxy) is 1. The number of aryl methyl sites for hydroxylation is 2. The number of hydrogen-bond donors (Lipinski definition) is 2. The highest BCUT2D eigenvalue weighted by atomic mass is 32.2. The second-order valence-electron chi connectivity index (χ2n) is 10.3. The molecule has 2 aromatic rings. The van der Waals surface area contributed by atoms with E-state index in [0.717, 1.165) is 16.7 Å². The van der Waals surface area contributed by atoms with E-state index in [9.17, 15) is 14.4 Å². The first-order valence-corrected chi connectivity index (χ1v) is 14.3. The molecule has 0 heterocycles. The lowest BCUT2D eigenvalue weighted by Crippen LogP contribution is -2.52. The van der Waals surface area contributed by atoms with E-state index in [1.54, 1.807) is 44.7 Å². The number of rotatable bonds is 12. The van der Waals surface area contributed by atoms with Crippen molar-refractivity contribution >= 4 is 41.4 Å². The number of nitrogens with one attached hydrogen (secondary N) is 2. The Kier molecular flexibility index (Phi) is 11.9. The number of anilines is 1. The van der Waals surface area contributed by atoms with Crippen LogP contribution in [0.4, 0.5) is 10.5 Å². The molecule has 0 saturated heterocycles. The van der Waals surface area contributed by atoms with Gasteiger partial charge in [0.05, 0.1) is 0 Å². The van der Waals surface area contributed by atoms with Crippen molar-refractivity contribution in [3.8, 4) is 0 Å². The number of nitrogens with zero attached hydrogens (tertiary/aromatic N) is 1. The maximum atomic E-state index is 14.1. The van der Waals surface area contributed by atoms with Crippen molar-refractivity contribution < 1.29 is 19.1 Å². The molecular weight excluding hydrogens is 510 g/mol. The molecule has 7 nitrogen and oxygen atoms in total. The quantitative estimate of drug-likeness (QED) is 0.303. The molecule has 0 spiro atoms. The second kappa shape index (κ2) is 14.6. The fourth-order valence-corrected chi connectivity index (χ4v) is 4.61. The molecule has 210 valence electrons. The van der Waals surface area contributed by atoms with Crippen molar-refractivity contribution in [2.45, 2.75) is 58.7 Å². The highest BCUT2D eigenvalue weighted by Crippen LogP contribution is 2.28. The second-order valence-corrected chi connectivity index (χ2v) is 11.3. The zero-order chi connectivity index (χ0) is 29.2. The van der Waals surface area contributed by atoms with Gasteiger partial charge < -0.3 is 20.3 Å². The first-order chi connectivity index (χ1) is 18.4. The number of para-hydroxylation sites is 1. The van der Waals surface area contributed by atoms with Crippen LogP contribution in [0.5, 0.6) is 0 Å². The van der Waals surface area contributed by atoms with E-state index in [0.29, 0.717) is 23.4 Å². The van der Waals surface area contributed by atoms with Gasteiger partial charge >= 0.3 is 6.09 Å². The number of thioether (sulfide) groups is 1. The van der Waals surface area contributed by atoms with Gasteiger partial charge in [0, 0.05) is 12.2 Å². The normalized spacial score (nSPS) is 12.6. The van der Waals surface area contributed by atoms with E-state index in [1.807, 2.05) is 62.6 Å². The molecule has 2 rings (SSSR count). The maximum Gasteiger partial charge on any atom is 0.408 e. The number of benzene rings is 2. The highest BCUT2D eigenvalue weighted by molar-refractivity contribution is 7.98. The lowest BCUT2D eigenvalue weighted by Gasteiger charge is -2.34. The van der Waals surface area contributed by atoms with Crippen molar-refractivity contribution in [1.82, 2.24) is 10.2 Å². The molecule has 0 aliphatic heterocycles. The van der Waals surface area contributed by atoms with E-state index in [1.165, 1.54) is 4.90 Å². The zero-order valence-electron chi connectivity index (χ0n) is 23.9. The van der Waals surface area contributed by atoms with E-state index >= 15 is 0 Å². The van der Waals surface area contributed by atoms with Gasteiger partial charge in [-0.25, -0.2) is 4.79 Å². The average Bonchev–Trinajstić information content (AvgIpc) is 2.87. The van der Waals surface area contributed by atoms with Gasteiger partial charge in [-0.05, 0) is 81.4 Å². The van der Waals surface area contributed by atoms with Crippen LogP contribution < -0.4 is 10.6 Å². The van der Waals surface area contributed by atoms with Crippen LogP contribution in [0.1, 0.15) is 55.5 Å². The Hall–Kier alpha value is -3.52. The van der Waals surface area contributed by atoms with Gasteiger partial charge in [-0.2, -0.15) is 11.8 Å². The molecule has 2 atom stereocenters. The predicted octanol–water partition coefficient (Wildman–Crippen LogP) is 6.29. The van der Waals surface area contributed by atoms with Crippen LogP contribution in [0.3, 0.4) is 0 Å². The zero-order valence-corrected chi connectivity index (χ0v) is 24.7. The van der Waals surface area contributed by atoms with E-state index in [2.05, 4.69) is 23.8 Å². The predicted molar refractivity (Wildman–Crippen MR) is 162 cm³/mol. The molecule has 0 aliphatic carbocycles. The van der Waals surface area contributed by atoms with Gasteiger partial charge in [0.2, 0.25) is 5.91 Å². The Morgan fingerprint density at radius 3 is 2.28 bits per heavy atom. The molecule has 0 aliphatic rings. The summed E-state index contributed by atoms with van der Waals surface area (Å²) in [6.45, 7) is 16.9. The minimum Gasteiger partial charge on any atom is -0.444 e. The monoisotopic (exact) mass is 551 g/mol. The van der Waals surface area contributed by atoms with E-state index < -0.39 is 29.7 Å². The van der Waals surface area contributed by atoms with Gasteiger partial charge in [0.15, 0.2) is 0 Å². The molecule has 8 heteroatoms. The fraction of sp³-hybridized carbons (Fsp3) is 0.387. The van der Waals surface area contributed by atoms with Gasteiger partial charge in [0.25, 0.3) is 5.91 Å². The van der Waals surface area contributed by atoms with Crippen LogP contribution in [0.2, 0.25) is 0 Å². The van der Waals surface area contributed by atoms with E-state index in [-0.39, 0.29) is 12.5 Å². The molecule has 0 fully saturated rings. The largest absolute Gasteiger partial charge is 0.444 e. The number of hydrogen-bond acceptors (Lipinski definition) is 5. The molecule has 0 bridgehead atoms. The van der Waals surface area contributed by atoms with Crippen LogP contribution in [-0.4, -0.2) is 53.0 Å². The van der Waals surface area contributed by atoms with Gasteiger partial charge in [-0.3, -0.25) is 9.59 Å². The average molecular weight is 552 g/mol. The molecule has 0 aromatic heterocycles. The summed E-state index contributed by atoms with van der Waals surface area (Å²) in [7, 11) is 0. The van der Waals surface area contributed by atoms with Crippen LogP contribution in [-0.2, 0) is 14.3 Å². The smallest absolute Gasteiger partial charge is 0.408 e. The van der Waals surface area contributed by atoms with Crippen LogP contribution in [0, 0.1) is 13.8 Å². The topological polar surface area (TPSA) is 87.7 Å². The fourth-order valence-electron chi connectivity index (χ4n) is 4.14. The molecule has 3 amide bonds. The first kappa shape index (κ1) is 31.7. The molecule has 39 heavy (non-hydrogen) atoms. The van der Waals surface area contributed by atoms with Crippen LogP contribution >= 0.6 is 11.8 Å². The summed E-state index contributed by atoms with van der Waals surface area (Å²) in [6, 6.07) is 11.2. The third-order valence-corrected chi connectivity index (χ3v) is 6.60. The van der Waals surface area contributed by atoms with Crippen LogP contribution in [0.25, 0.3) is 6.08 Å². The molecule has 2 unspecified atom stereocenters. The third kappa shape index (κ3) is 9.32. The molecule has 2 N–H and O–H groups in total. The summed E-state index contributed by atoms with van der Waals surface area (Å²) in [4.78, 5) is 42.2. The van der Waals surface area contributed by atoms with Crippen molar-refractivity contribution in [1.29, 1.82) is 0 Å². The maximum absolute atomic E-state index is 14.1. The number of carbonyl (C=O) groups excluding carboxylic acids is 3. The summed E-state index contributed by atoms with van der Waals surface area (Å²) >= 11 is 1.56. The molecular formula is C31H41N3O4S. The number of alkyl carbamates (subject to hydrolysis) is 1. The standard InChI is InChI=1S/C31H41N3O4S/c1-9-18-34(29(36)25(17-19-39-8)32-30(37)38-31(5,6)7)27(24-16-12-15-23(10-2)20-24)28(35)33-26-21(3)13-11-14-22(26)4/h9-16,20,25,27H,1-2,17-19H2,3-8H3,(H,32,37)(H,33,35). The Bertz CT molecular complexity index is 1170. The van der Waals surface area contributed by atoms with Crippen molar-refractivity contribution in [2.75, 3.05) is 23.9 Å². The summed E-state index contributed by atoms with van der Waals surface area (Å²) in [5, 5.41) is 5.79. The number of amides is 3. The molecule has 0 saturated carbocycles. The lowest BCUT2D eigenvalue weighted by atomic mass is 9.99. The molecule has 0 radical (unpaired) electrons. The van der Waals surface area contributed by atoms with Gasteiger partial charge in [0.1, 0.15) is 17.7 Å². The Morgan fingerprint density at radius 1 is 1.08 bits per heavy atom.